The van der Waals surface area contributed by atoms with Crippen molar-refractivity contribution in [3.05, 3.63) is 47.3 Å². The van der Waals surface area contributed by atoms with Crippen LogP contribution in [0.1, 0.15) is 17.0 Å². The lowest BCUT2D eigenvalue weighted by Crippen LogP contribution is -2.10. The van der Waals surface area contributed by atoms with Crippen molar-refractivity contribution in [1.29, 1.82) is 0 Å². The summed E-state index contributed by atoms with van der Waals surface area (Å²) >= 11 is 0. The van der Waals surface area contributed by atoms with Crippen molar-refractivity contribution in [3.8, 4) is 5.75 Å². The highest BCUT2D eigenvalue weighted by Gasteiger charge is 2.18. The molecule has 5 heteroatoms. The Morgan fingerprint density at radius 3 is 2.65 bits per heavy atom. The SMILES string of the molecule is COC(=O)Cc1c(OCc2ccccc2)c(C)nn1C. The minimum atomic E-state index is -0.308. The Kier molecular flexibility index (Phi) is 4.40. The quantitative estimate of drug-likeness (QED) is 0.783. The Balaban J connectivity index is 2.16. The molecule has 0 atom stereocenters. The monoisotopic (exact) mass is 274 g/mol. The lowest BCUT2D eigenvalue weighted by atomic mass is 10.2. The van der Waals surface area contributed by atoms with Gasteiger partial charge >= 0.3 is 5.97 Å². The summed E-state index contributed by atoms with van der Waals surface area (Å²) in [6.45, 7) is 2.31. The first kappa shape index (κ1) is 14.1. The fourth-order valence-corrected chi connectivity index (χ4v) is 2.01. The molecule has 0 unspecified atom stereocenters. The van der Waals surface area contributed by atoms with Crippen molar-refractivity contribution >= 4 is 5.97 Å². The van der Waals surface area contributed by atoms with Gasteiger partial charge in [-0.15, -0.1) is 0 Å². The van der Waals surface area contributed by atoms with Crippen LogP contribution in [0.2, 0.25) is 0 Å². The highest BCUT2D eigenvalue weighted by atomic mass is 16.5. The van der Waals surface area contributed by atoms with Gasteiger partial charge in [0.15, 0.2) is 5.75 Å². The van der Waals surface area contributed by atoms with Crippen LogP contribution in [0, 0.1) is 6.92 Å². The van der Waals surface area contributed by atoms with Crippen molar-refractivity contribution in [2.45, 2.75) is 20.0 Å². The van der Waals surface area contributed by atoms with E-state index in [1.165, 1.54) is 7.11 Å². The zero-order chi connectivity index (χ0) is 14.5. The summed E-state index contributed by atoms with van der Waals surface area (Å²) < 4.78 is 12.2. The van der Waals surface area contributed by atoms with Crippen molar-refractivity contribution in [3.63, 3.8) is 0 Å². The third-order valence-electron chi connectivity index (χ3n) is 3.05. The number of methoxy groups -OCH3 is 1. The average Bonchev–Trinajstić information content (AvgIpc) is 2.72. The summed E-state index contributed by atoms with van der Waals surface area (Å²) in [5, 5.41) is 4.29. The van der Waals surface area contributed by atoms with Gasteiger partial charge in [0.2, 0.25) is 0 Å². The fraction of sp³-hybridized carbons (Fsp3) is 0.333. The summed E-state index contributed by atoms with van der Waals surface area (Å²) in [7, 11) is 3.16. The Labute approximate surface area is 118 Å². The minimum Gasteiger partial charge on any atom is -0.485 e. The summed E-state index contributed by atoms with van der Waals surface area (Å²) in [4.78, 5) is 11.5. The second kappa shape index (κ2) is 6.23. The standard InChI is InChI=1S/C15H18N2O3/c1-11-15(20-10-12-7-5-4-6-8-12)13(17(2)16-11)9-14(18)19-3/h4-8H,9-10H2,1-3H3. The maximum atomic E-state index is 11.5. The van der Waals surface area contributed by atoms with Gasteiger partial charge in [-0.05, 0) is 12.5 Å². The van der Waals surface area contributed by atoms with E-state index in [1.807, 2.05) is 37.3 Å². The minimum absolute atomic E-state index is 0.151. The molecular weight excluding hydrogens is 256 g/mol. The van der Waals surface area contributed by atoms with Gasteiger partial charge in [0.1, 0.15) is 12.3 Å². The first-order valence-corrected chi connectivity index (χ1v) is 6.38. The van der Waals surface area contributed by atoms with Crippen LogP contribution in [0.3, 0.4) is 0 Å². The number of nitrogens with zero attached hydrogens (tertiary/aromatic N) is 2. The summed E-state index contributed by atoms with van der Waals surface area (Å²) in [5.41, 5.74) is 2.56. The smallest absolute Gasteiger partial charge is 0.311 e. The summed E-state index contributed by atoms with van der Waals surface area (Å²) in [5.74, 6) is 0.347. The number of rotatable bonds is 5. The number of esters is 1. The molecule has 2 aromatic rings. The Bertz CT molecular complexity index is 591. The predicted molar refractivity (Wildman–Crippen MR) is 74.4 cm³/mol. The van der Waals surface area contributed by atoms with E-state index in [-0.39, 0.29) is 12.4 Å². The number of hydrogen-bond acceptors (Lipinski definition) is 4. The molecule has 1 aromatic heterocycles. The molecule has 0 amide bonds. The molecule has 0 N–H and O–H groups in total. The number of carbonyl (C=O) groups is 1. The maximum Gasteiger partial charge on any atom is 0.311 e. The van der Waals surface area contributed by atoms with E-state index in [1.54, 1.807) is 11.7 Å². The topological polar surface area (TPSA) is 53.4 Å². The molecule has 0 fully saturated rings. The van der Waals surface area contributed by atoms with Gasteiger partial charge in [0.25, 0.3) is 0 Å². The van der Waals surface area contributed by atoms with E-state index in [4.69, 9.17) is 9.47 Å². The Morgan fingerprint density at radius 1 is 1.30 bits per heavy atom. The van der Waals surface area contributed by atoms with Crippen molar-refractivity contribution in [2.75, 3.05) is 7.11 Å². The summed E-state index contributed by atoms with van der Waals surface area (Å²) in [6.07, 6.45) is 0.151. The normalized spacial score (nSPS) is 10.3. The van der Waals surface area contributed by atoms with Gasteiger partial charge in [-0.1, -0.05) is 30.3 Å². The number of ether oxygens (including phenoxy) is 2. The fourth-order valence-electron chi connectivity index (χ4n) is 2.01. The van der Waals surface area contributed by atoms with Crippen LogP contribution in [0.5, 0.6) is 5.75 Å². The highest BCUT2D eigenvalue weighted by Crippen LogP contribution is 2.24. The molecule has 106 valence electrons. The number of aryl methyl sites for hydroxylation is 2. The molecule has 0 saturated carbocycles. The largest absolute Gasteiger partial charge is 0.485 e. The average molecular weight is 274 g/mol. The van der Waals surface area contributed by atoms with Gasteiger partial charge in [-0.3, -0.25) is 9.48 Å². The number of benzene rings is 1. The molecule has 5 nitrogen and oxygen atoms in total. The van der Waals surface area contributed by atoms with Gasteiger partial charge in [0, 0.05) is 7.05 Å². The molecule has 1 heterocycles. The van der Waals surface area contributed by atoms with Crippen molar-refractivity contribution in [1.82, 2.24) is 9.78 Å². The number of aromatic nitrogens is 2. The Morgan fingerprint density at radius 2 is 2.00 bits per heavy atom. The zero-order valence-corrected chi connectivity index (χ0v) is 11.9. The van der Waals surface area contributed by atoms with Gasteiger partial charge < -0.3 is 9.47 Å². The van der Waals surface area contributed by atoms with Gasteiger partial charge in [-0.2, -0.15) is 5.10 Å². The van der Waals surface area contributed by atoms with E-state index in [2.05, 4.69) is 5.10 Å². The van der Waals surface area contributed by atoms with Crippen LogP contribution in [-0.2, 0) is 29.6 Å². The summed E-state index contributed by atoms with van der Waals surface area (Å²) in [6, 6.07) is 9.87. The highest BCUT2D eigenvalue weighted by molar-refractivity contribution is 5.73. The van der Waals surface area contributed by atoms with Gasteiger partial charge in [0.05, 0.1) is 19.2 Å². The lowest BCUT2D eigenvalue weighted by Gasteiger charge is -2.08. The van der Waals surface area contributed by atoms with Crippen LogP contribution < -0.4 is 4.74 Å². The molecule has 1 aromatic carbocycles. The molecule has 0 aliphatic rings. The first-order valence-electron chi connectivity index (χ1n) is 6.38. The van der Waals surface area contributed by atoms with Gasteiger partial charge in [-0.25, -0.2) is 0 Å². The second-order valence-corrected chi connectivity index (χ2v) is 4.51. The third-order valence-corrected chi connectivity index (χ3v) is 3.05. The van der Waals surface area contributed by atoms with E-state index >= 15 is 0 Å². The third kappa shape index (κ3) is 3.17. The van der Waals surface area contributed by atoms with Crippen molar-refractivity contribution < 1.29 is 14.3 Å². The lowest BCUT2D eigenvalue weighted by molar-refractivity contribution is -0.139. The molecule has 0 saturated heterocycles. The van der Waals surface area contributed by atoms with E-state index in [0.29, 0.717) is 12.4 Å². The second-order valence-electron chi connectivity index (χ2n) is 4.51. The molecular formula is C15H18N2O3. The zero-order valence-electron chi connectivity index (χ0n) is 11.9. The van der Waals surface area contributed by atoms with Crippen LogP contribution in [0.25, 0.3) is 0 Å². The molecule has 0 aliphatic heterocycles. The van der Waals surface area contributed by atoms with Crippen LogP contribution in [-0.4, -0.2) is 22.9 Å². The molecule has 0 spiro atoms. The molecule has 20 heavy (non-hydrogen) atoms. The van der Waals surface area contributed by atoms with E-state index in [9.17, 15) is 4.79 Å². The molecule has 0 bridgehead atoms. The van der Waals surface area contributed by atoms with Crippen molar-refractivity contribution in [2.24, 2.45) is 7.05 Å². The van der Waals surface area contributed by atoms with Crippen LogP contribution >= 0.6 is 0 Å². The first-order chi connectivity index (χ1) is 9.61. The predicted octanol–water partition coefficient (Wildman–Crippen LogP) is 2.02. The number of hydrogen-bond donors (Lipinski definition) is 0. The van der Waals surface area contributed by atoms with E-state index in [0.717, 1.165) is 17.0 Å². The number of carbonyl (C=O) groups excluding carboxylic acids is 1. The molecule has 2 rings (SSSR count). The Hall–Kier alpha value is -2.30. The molecule has 0 aliphatic carbocycles. The maximum absolute atomic E-state index is 11.5. The molecule has 0 radical (unpaired) electrons. The van der Waals surface area contributed by atoms with Crippen LogP contribution in [0.15, 0.2) is 30.3 Å². The van der Waals surface area contributed by atoms with E-state index < -0.39 is 0 Å². The van der Waals surface area contributed by atoms with Crippen LogP contribution in [0.4, 0.5) is 0 Å².